The lowest BCUT2D eigenvalue weighted by molar-refractivity contribution is 0.233. The lowest BCUT2D eigenvalue weighted by Gasteiger charge is -2.29. The molecule has 1 aliphatic rings. The van der Waals surface area contributed by atoms with Gasteiger partial charge in [-0.3, -0.25) is 4.90 Å². The van der Waals surface area contributed by atoms with Gasteiger partial charge in [-0.15, -0.1) is 0 Å². The molecule has 3 aromatic carbocycles. The van der Waals surface area contributed by atoms with Crippen molar-refractivity contribution in [3.8, 4) is 33.8 Å². The zero-order valence-corrected chi connectivity index (χ0v) is 18.6. The molecule has 4 heteroatoms. The van der Waals surface area contributed by atoms with E-state index in [4.69, 9.17) is 9.47 Å². The van der Waals surface area contributed by atoms with Crippen LogP contribution in [0.5, 0.6) is 11.5 Å². The second-order valence-electron chi connectivity index (χ2n) is 7.72. The number of hydrogen-bond acceptors (Lipinski definition) is 4. The number of para-hydroxylation sites is 2. The summed E-state index contributed by atoms with van der Waals surface area (Å²) in [4.78, 5) is 2.52. The van der Waals surface area contributed by atoms with Gasteiger partial charge < -0.3 is 14.8 Å². The van der Waals surface area contributed by atoms with Crippen molar-refractivity contribution in [3.05, 3.63) is 72.3 Å². The monoisotopic (exact) mass is 416 g/mol. The molecule has 4 nitrogen and oxygen atoms in total. The summed E-state index contributed by atoms with van der Waals surface area (Å²) in [6, 6.07) is 23.3. The highest BCUT2D eigenvalue weighted by Gasteiger charge is 2.20. The summed E-state index contributed by atoms with van der Waals surface area (Å²) in [6.45, 7) is 10.5. The second-order valence-corrected chi connectivity index (χ2v) is 7.72. The highest BCUT2D eigenvalue weighted by Crippen LogP contribution is 2.42. The number of nitrogens with zero attached hydrogens (tertiary/aromatic N) is 1. The molecule has 3 aromatic rings. The molecule has 1 N–H and O–H groups in total. The quantitative estimate of drug-likeness (QED) is 0.546. The van der Waals surface area contributed by atoms with Crippen LogP contribution in [0.2, 0.25) is 0 Å². The van der Waals surface area contributed by atoms with Crippen molar-refractivity contribution in [1.29, 1.82) is 0 Å². The van der Waals surface area contributed by atoms with Gasteiger partial charge in [0.15, 0.2) is 0 Å². The van der Waals surface area contributed by atoms with Gasteiger partial charge in [-0.2, -0.15) is 0 Å². The van der Waals surface area contributed by atoms with E-state index in [1.54, 1.807) is 0 Å². The normalized spacial score (nSPS) is 14.4. The van der Waals surface area contributed by atoms with E-state index in [2.05, 4.69) is 64.8 Å². The maximum absolute atomic E-state index is 6.05. The molecule has 0 aliphatic carbocycles. The predicted molar refractivity (Wildman–Crippen MR) is 128 cm³/mol. The topological polar surface area (TPSA) is 33.7 Å². The van der Waals surface area contributed by atoms with E-state index in [1.807, 2.05) is 26.0 Å². The molecular formula is C27H32N2O2. The molecule has 1 fully saturated rings. The lowest BCUT2D eigenvalue weighted by Crippen LogP contribution is -2.42. The highest BCUT2D eigenvalue weighted by atomic mass is 16.5. The van der Waals surface area contributed by atoms with Gasteiger partial charge in [0.25, 0.3) is 0 Å². The van der Waals surface area contributed by atoms with Crippen molar-refractivity contribution < 1.29 is 9.47 Å². The molecule has 162 valence electrons. The largest absolute Gasteiger partial charge is 0.493 e. The van der Waals surface area contributed by atoms with Crippen LogP contribution in [0, 0.1) is 0 Å². The van der Waals surface area contributed by atoms with Gasteiger partial charge in [-0.05, 0) is 42.7 Å². The summed E-state index contributed by atoms with van der Waals surface area (Å²) in [7, 11) is 0. The SMILES string of the molecule is CCOc1ccccc1-c1cccc(CN2CCNCC2)c1-c1ccccc1OCC. The molecule has 0 saturated carbocycles. The molecule has 31 heavy (non-hydrogen) atoms. The summed E-state index contributed by atoms with van der Waals surface area (Å²) in [5.41, 5.74) is 5.99. The second kappa shape index (κ2) is 10.5. The van der Waals surface area contributed by atoms with E-state index >= 15 is 0 Å². The Balaban J connectivity index is 1.89. The summed E-state index contributed by atoms with van der Waals surface area (Å²) >= 11 is 0. The van der Waals surface area contributed by atoms with Gasteiger partial charge in [0.05, 0.1) is 13.2 Å². The van der Waals surface area contributed by atoms with Gasteiger partial charge >= 0.3 is 0 Å². The lowest BCUT2D eigenvalue weighted by atomic mass is 9.89. The van der Waals surface area contributed by atoms with Gasteiger partial charge in [-0.25, -0.2) is 0 Å². The fourth-order valence-electron chi connectivity index (χ4n) is 4.31. The number of hydrogen-bond donors (Lipinski definition) is 1. The Kier molecular flexibility index (Phi) is 7.23. The number of rotatable bonds is 8. The zero-order valence-electron chi connectivity index (χ0n) is 18.6. The molecular weight excluding hydrogens is 384 g/mol. The maximum Gasteiger partial charge on any atom is 0.127 e. The third-order valence-corrected chi connectivity index (χ3v) is 5.69. The van der Waals surface area contributed by atoms with Gasteiger partial charge in [-0.1, -0.05) is 54.6 Å². The van der Waals surface area contributed by atoms with Crippen molar-refractivity contribution in [1.82, 2.24) is 10.2 Å². The fraction of sp³-hybridized carbons (Fsp3) is 0.333. The van der Waals surface area contributed by atoms with Gasteiger partial charge in [0.1, 0.15) is 11.5 Å². The third kappa shape index (κ3) is 4.92. The molecule has 0 amide bonds. The van der Waals surface area contributed by atoms with Crippen molar-refractivity contribution >= 4 is 0 Å². The summed E-state index contributed by atoms with van der Waals surface area (Å²) in [5.74, 6) is 1.84. The van der Waals surface area contributed by atoms with E-state index in [0.717, 1.165) is 55.3 Å². The Morgan fingerprint density at radius 3 is 1.97 bits per heavy atom. The number of nitrogens with one attached hydrogen (secondary N) is 1. The minimum absolute atomic E-state index is 0.641. The predicted octanol–water partition coefficient (Wildman–Crippen LogP) is 5.22. The Bertz CT molecular complexity index is 996. The van der Waals surface area contributed by atoms with Crippen LogP contribution in [0.3, 0.4) is 0 Å². The first-order chi connectivity index (χ1) is 15.3. The molecule has 0 spiro atoms. The molecule has 1 heterocycles. The minimum Gasteiger partial charge on any atom is -0.493 e. The molecule has 0 atom stereocenters. The maximum atomic E-state index is 6.05. The summed E-state index contributed by atoms with van der Waals surface area (Å²) in [5, 5.41) is 3.45. The first kappa shape index (κ1) is 21.4. The number of benzene rings is 3. The smallest absolute Gasteiger partial charge is 0.127 e. The molecule has 0 aromatic heterocycles. The fourth-order valence-corrected chi connectivity index (χ4v) is 4.31. The molecule has 1 saturated heterocycles. The van der Waals surface area contributed by atoms with E-state index in [1.165, 1.54) is 16.7 Å². The van der Waals surface area contributed by atoms with E-state index in [0.29, 0.717) is 13.2 Å². The van der Waals surface area contributed by atoms with Gasteiger partial charge in [0, 0.05) is 43.9 Å². The molecule has 0 unspecified atom stereocenters. The molecule has 0 bridgehead atoms. The number of ether oxygens (including phenoxy) is 2. The standard InChI is InChI=1S/C27H32N2O2/c1-3-30-25-14-7-5-11-22(25)23-13-9-10-21(20-29-18-16-28-17-19-29)27(23)24-12-6-8-15-26(24)31-4-2/h5-15,28H,3-4,16-20H2,1-2H3. The van der Waals surface area contributed by atoms with Crippen LogP contribution >= 0.6 is 0 Å². The highest BCUT2D eigenvalue weighted by molar-refractivity contribution is 5.90. The Labute approximate surface area is 185 Å². The van der Waals surface area contributed by atoms with E-state index < -0.39 is 0 Å². The average Bonchev–Trinajstić information content (AvgIpc) is 2.81. The van der Waals surface area contributed by atoms with Crippen LogP contribution < -0.4 is 14.8 Å². The van der Waals surface area contributed by atoms with Crippen molar-refractivity contribution in [2.45, 2.75) is 20.4 Å². The van der Waals surface area contributed by atoms with Gasteiger partial charge in [0.2, 0.25) is 0 Å². The van der Waals surface area contributed by atoms with Crippen molar-refractivity contribution in [3.63, 3.8) is 0 Å². The Hall–Kier alpha value is -2.82. The Morgan fingerprint density at radius 1 is 0.710 bits per heavy atom. The number of piperazine rings is 1. The van der Waals surface area contributed by atoms with Crippen LogP contribution in [0.4, 0.5) is 0 Å². The van der Waals surface area contributed by atoms with Crippen LogP contribution in [0.25, 0.3) is 22.3 Å². The molecule has 4 rings (SSSR count). The minimum atomic E-state index is 0.641. The summed E-state index contributed by atoms with van der Waals surface area (Å²) < 4.78 is 12.1. The van der Waals surface area contributed by atoms with Crippen LogP contribution in [-0.4, -0.2) is 44.3 Å². The van der Waals surface area contributed by atoms with Crippen LogP contribution in [0.1, 0.15) is 19.4 Å². The van der Waals surface area contributed by atoms with E-state index in [-0.39, 0.29) is 0 Å². The van der Waals surface area contributed by atoms with Crippen LogP contribution in [0.15, 0.2) is 66.7 Å². The first-order valence-electron chi connectivity index (χ1n) is 11.3. The first-order valence-corrected chi connectivity index (χ1v) is 11.3. The van der Waals surface area contributed by atoms with E-state index in [9.17, 15) is 0 Å². The summed E-state index contributed by atoms with van der Waals surface area (Å²) in [6.07, 6.45) is 0. The van der Waals surface area contributed by atoms with Crippen LogP contribution in [-0.2, 0) is 6.54 Å². The zero-order chi connectivity index (χ0) is 21.5. The Morgan fingerprint density at radius 2 is 1.29 bits per heavy atom. The molecule has 1 aliphatic heterocycles. The van der Waals surface area contributed by atoms with Crippen molar-refractivity contribution in [2.24, 2.45) is 0 Å². The molecule has 0 radical (unpaired) electrons. The third-order valence-electron chi connectivity index (χ3n) is 5.69. The average molecular weight is 417 g/mol. The van der Waals surface area contributed by atoms with Crippen molar-refractivity contribution in [2.75, 3.05) is 39.4 Å².